The molecule has 0 N–H and O–H groups in total. The molecule has 0 unspecified atom stereocenters. The molecule has 0 bridgehead atoms. The number of ether oxygens (including phenoxy) is 1. The first-order chi connectivity index (χ1) is 14.2. The van der Waals surface area contributed by atoms with Gasteiger partial charge in [0.05, 0.1) is 7.11 Å². The van der Waals surface area contributed by atoms with E-state index in [0.717, 1.165) is 21.4 Å². The third kappa shape index (κ3) is 3.07. The van der Waals surface area contributed by atoms with Crippen molar-refractivity contribution in [3.8, 4) is 5.75 Å². The van der Waals surface area contributed by atoms with E-state index >= 15 is 0 Å². The van der Waals surface area contributed by atoms with Crippen molar-refractivity contribution in [2.75, 3.05) is 7.11 Å². The summed E-state index contributed by atoms with van der Waals surface area (Å²) in [5.41, 5.74) is 5.94. The van der Waals surface area contributed by atoms with Crippen molar-refractivity contribution < 1.29 is 4.74 Å². The molecule has 3 aromatic carbocycles. The molecule has 0 saturated heterocycles. The lowest BCUT2D eigenvalue weighted by Gasteiger charge is -2.35. The largest absolute Gasteiger partial charge is 0.497 e. The van der Waals surface area contributed by atoms with Crippen LogP contribution in [0.15, 0.2) is 78.2 Å². The highest BCUT2D eigenvalue weighted by Gasteiger charge is 2.37. The lowest BCUT2D eigenvalue weighted by molar-refractivity contribution is 0.414. The average Bonchev–Trinajstić information content (AvgIpc) is 3.27. The molecule has 1 aliphatic rings. The first-order valence-corrected chi connectivity index (χ1v) is 11.1. The minimum atomic E-state index is 0.0227. The van der Waals surface area contributed by atoms with Crippen LogP contribution in [0.1, 0.15) is 44.5 Å². The summed E-state index contributed by atoms with van der Waals surface area (Å²) in [6, 6.07) is 24.9. The van der Waals surface area contributed by atoms with E-state index in [2.05, 4.69) is 41.8 Å². The maximum absolute atomic E-state index is 6.82. The molecule has 0 fully saturated rings. The van der Waals surface area contributed by atoms with Crippen LogP contribution in [0.2, 0.25) is 10.0 Å². The van der Waals surface area contributed by atoms with Gasteiger partial charge in [0.2, 0.25) is 0 Å². The molecule has 1 nitrogen and oxygen atoms in total. The normalized spacial score (nSPS) is 17.5. The zero-order chi connectivity index (χ0) is 20.0. The van der Waals surface area contributed by atoms with Gasteiger partial charge in [0, 0.05) is 26.8 Å². The molecule has 2 atom stereocenters. The van der Waals surface area contributed by atoms with Crippen molar-refractivity contribution >= 4 is 34.5 Å². The first kappa shape index (κ1) is 18.7. The van der Waals surface area contributed by atoms with Crippen LogP contribution >= 0.6 is 34.5 Å². The van der Waals surface area contributed by atoms with Gasteiger partial charge in [-0.15, -0.1) is 11.3 Å². The molecule has 1 aliphatic carbocycles. The summed E-state index contributed by atoms with van der Waals surface area (Å²) in [6.07, 6.45) is 0. The van der Waals surface area contributed by atoms with Crippen LogP contribution in [-0.2, 0) is 0 Å². The number of hydrogen-bond acceptors (Lipinski definition) is 2. The Balaban J connectivity index is 1.82. The monoisotopic (exact) mass is 436 g/mol. The predicted molar refractivity (Wildman–Crippen MR) is 122 cm³/mol. The molecule has 0 amide bonds. The van der Waals surface area contributed by atoms with Crippen LogP contribution in [0.25, 0.3) is 0 Å². The highest BCUT2D eigenvalue weighted by Crippen LogP contribution is 2.53. The topological polar surface area (TPSA) is 9.23 Å². The van der Waals surface area contributed by atoms with Crippen molar-refractivity contribution in [1.82, 2.24) is 0 Å². The van der Waals surface area contributed by atoms with E-state index in [1.807, 2.05) is 36.4 Å². The van der Waals surface area contributed by atoms with Gasteiger partial charge in [-0.1, -0.05) is 65.7 Å². The van der Waals surface area contributed by atoms with Gasteiger partial charge in [0.1, 0.15) is 5.75 Å². The predicted octanol–water partition coefficient (Wildman–Crippen LogP) is 7.74. The summed E-state index contributed by atoms with van der Waals surface area (Å²) in [4.78, 5) is 1.27. The fourth-order valence-electron chi connectivity index (χ4n) is 4.42. The van der Waals surface area contributed by atoms with E-state index in [-0.39, 0.29) is 11.8 Å². The van der Waals surface area contributed by atoms with Crippen molar-refractivity contribution in [1.29, 1.82) is 0 Å². The van der Waals surface area contributed by atoms with E-state index in [1.54, 1.807) is 18.4 Å². The van der Waals surface area contributed by atoms with Gasteiger partial charge in [-0.2, -0.15) is 0 Å². The zero-order valence-corrected chi connectivity index (χ0v) is 18.1. The smallest absolute Gasteiger partial charge is 0.118 e. The Labute approximate surface area is 184 Å². The van der Waals surface area contributed by atoms with Crippen LogP contribution < -0.4 is 4.74 Å². The number of hydrogen-bond donors (Lipinski definition) is 0. The molecule has 5 rings (SSSR count). The number of rotatable bonds is 3. The molecule has 0 saturated carbocycles. The highest BCUT2D eigenvalue weighted by atomic mass is 35.5. The lowest BCUT2D eigenvalue weighted by Crippen LogP contribution is -2.20. The summed E-state index contributed by atoms with van der Waals surface area (Å²) >= 11 is 15.4. The molecule has 1 heterocycles. The number of halogens is 2. The Morgan fingerprint density at radius 3 is 1.93 bits per heavy atom. The number of thiophene rings is 1. The summed E-state index contributed by atoms with van der Waals surface area (Å²) in [5, 5.41) is 3.70. The van der Waals surface area contributed by atoms with Crippen LogP contribution in [0.3, 0.4) is 0 Å². The Hall–Kier alpha value is -2.26. The first-order valence-electron chi connectivity index (χ1n) is 9.43. The maximum atomic E-state index is 6.82. The fraction of sp³-hybridized carbons (Fsp3) is 0.120. The molecule has 0 radical (unpaired) electrons. The second-order valence-electron chi connectivity index (χ2n) is 7.14. The fourth-order valence-corrected chi connectivity index (χ4v) is 5.86. The van der Waals surface area contributed by atoms with E-state index in [9.17, 15) is 0 Å². The van der Waals surface area contributed by atoms with Gasteiger partial charge < -0.3 is 4.74 Å². The maximum Gasteiger partial charge on any atom is 0.118 e. The summed E-state index contributed by atoms with van der Waals surface area (Å²) in [6.45, 7) is 0. The number of fused-ring (bicyclic) bond motifs is 2. The van der Waals surface area contributed by atoms with Gasteiger partial charge in [-0.3, -0.25) is 0 Å². The SMILES string of the molecule is COc1ccc([C@@H]2c3cccc(Cl)c3[C@@H](c3cccs3)c3cccc(Cl)c32)cc1. The molecule has 144 valence electrons. The summed E-state index contributed by atoms with van der Waals surface area (Å²) < 4.78 is 5.36. The third-order valence-electron chi connectivity index (χ3n) is 5.65. The minimum absolute atomic E-state index is 0.0227. The Morgan fingerprint density at radius 1 is 0.724 bits per heavy atom. The molecular weight excluding hydrogens is 419 g/mol. The van der Waals surface area contributed by atoms with Crippen molar-refractivity contribution in [3.05, 3.63) is 121 Å². The van der Waals surface area contributed by atoms with Gasteiger partial charge in [-0.25, -0.2) is 0 Å². The molecule has 29 heavy (non-hydrogen) atoms. The molecule has 1 aromatic heterocycles. The van der Waals surface area contributed by atoms with Crippen LogP contribution in [0.5, 0.6) is 5.75 Å². The lowest BCUT2D eigenvalue weighted by atomic mass is 9.69. The summed E-state index contributed by atoms with van der Waals surface area (Å²) in [5.74, 6) is 0.947. The Kier molecular flexibility index (Phi) is 4.87. The molecular formula is C25H18Cl2OS. The van der Waals surface area contributed by atoms with Crippen LogP contribution in [0, 0.1) is 0 Å². The van der Waals surface area contributed by atoms with Gasteiger partial charge in [0.25, 0.3) is 0 Å². The van der Waals surface area contributed by atoms with Crippen LogP contribution in [-0.4, -0.2) is 7.11 Å². The van der Waals surface area contributed by atoms with Crippen LogP contribution in [0.4, 0.5) is 0 Å². The molecule has 0 aliphatic heterocycles. The van der Waals surface area contributed by atoms with Crippen molar-refractivity contribution in [3.63, 3.8) is 0 Å². The van der Waals surface area contributed by atoms with E-state index in [4.69, 9.17) is 27.9 Å². The number of methoxy groups -OCH3 is 1. The summed E-state index contributed by atoms with van der Waals surface area (Å²) in [7, 11) is 1.68. The second-order valence-corrected chi connectivity index (χ2v) is 8.93. The van der Waals surface area contributed by atoms with E-state index in [0.29, 0.717) is 0 Å². The van der Waals surface area contributed by atoms with E-state index < -0.39 is 0 Å². The Morgan fingerprint density at radius 2 is 1.34 bits per heavy atom. The Bertz CT molecular complexity index is 1170. The van der Waals surface area contributed by atoms with Gasteiger partial charge >= 0.3 is 0 Å². The standard InChI is InChI=1S/C25H18Cl2OS/c1-28-16-12-10-15(11-13-16)22-17-5-2-8-20(27)24(17)25(21-9-4-14-29-21)18-6-3-7-19(26)23(18)22/h2-14,22,25H,1H3/t22-,25-/m1/s1. The highest BCUT2D eigenvalue weighted by molar-refractivity contribution is 7.10. The van der Waals surface area contributed by atoms with Crippen molar-refractivity contribution in [2.45, 2.75) is 11.8 Å². The average molecular weight is 437 g/mol. The number of benzene rings is 3. The van der Waals surface area contributed by atoms with Crippen molar-refractivity contribution in [2.24, 2.45) is 0 Å². The molecule has 4 aromatic rings. The molecule has 0 spiro atoms. The minimum Gasteiger partial charge on any atom is -0.497 e. The van der Waals surface area contributed by atoms with Gasteiger partial charge in [-0.05, 0) is 63.5 Å². The second kappa shape index (κ2) is 7.53. The zero-order valence-electron chi connectivity index (χ0n) is 15.7. The van der Waals surface area contributed by atoms with Gasteiger partial charge in [0.15, 0.2) is 0 Å². The van der Waals surface area contributed by atoms with E-state index in [1.165, 1.54) is 27.1 Å². The quantitative estimate of drug-likeness (QED) is 0.281. The molecule has 4 heteroatoms. The third-order valence-corrected chi connectivity index (χ3v) is 7.25.